The van der Waals surface area contributed by atoms with E-state index in [9.17, 15) is 30.3 Å². The van der Waals surface area contributed by atoms with Gasteiger partial charge in [-0.05, 0) is 29.8 Å². The van der Waals surface area contributed by atoms with Crippen molar-refractivity contribution in [3.63, 3.8) is 0 Å². The summed E-state index contributed by atoms with van der Waals surface area (Å²) in [4.78, 5) is 12.7. The highest BCUT2D eigenvalue weighted by molar-refractivity contribution is 6.02. The first-order valence-corrected chi connectivity index (χ1v) is 11.5. The molecule has 11 heteroatoms. The highest BCUT2D eigenvalue weighted by atomic mass is 16.6. The van der Waals surface area contributed by atoms with Crippen LogP contribution in [-0.4, -0.2) is 65.4 Å². The zero-order chi connectivity index (χ0) is 27.6. The van der Waals surface area contributed by atoms with E-state index in [-0.39, 0.29) is 63.8 Å². The molecule has 0 spiro atoms. The molecular weight excluding hydrogens is 500 g/mol. The third-order valence-corrected chi connectivity index (χ3v) is 6.19. The van der Waals surface area contributed by atoms with Crippen molar-refractivity contribution >= 4 is 5.78 Å². The van der Waals surface area contributed by atoms with Crippen LogP contribution in [0.1, 0.15) is 40.1 Å². The van der Waals surface area contributed by atoms with E-state index in [0.717, 1.165) is 6.07 Å². The molecule has 1 aliphatic rings. The highest BCUT2D eigenvalue weighted by Gasteiger charge is 2.33. The lowest BCUT2D eigenvalue weighted by molar-refractivity contribution is -0.00180. The van der Waals surface area contributed by atoms with Crippen LogP contribution in [-0.2, 0) is 0 Å². The molecule has 202 valence electrons. The van der Waals surface area contributed by atoms with Gasteiger partial charge in [-0.1, -0.05) is 6.07 Å². The Kier molecular flexibility index (Phi) is 7.70. The standard InChI is InChI=1S/C27H28O11/c1-34-20-6-13(4-5-16(20)30)26(33)24(12-28)38-27-22(35-2)7-14(8-23(27)36-3)19-11-18(32)25-17(31)9-15(29)10-21(25)37-19/h4-10,19,24,26,28-31,33H,11-12H2,1-3H3/t19-,24+,26-/m0/s1. The number of rotatable bonds is 9. The summed E-state index contributed by atoms with van der Waals surface area (Å²) in [5.74, 6) is -0.503. The number of ketones is 1. The summed E-state index contributed by atoms with van der Waals surface area (Å²) in [6.07, 6.45) is -3.38. The van der Waals surface area contributed by atoms with E-state index in [4.69, 9.17) is 23.7 Å². The summed E-state index contributed by atoms with van der Waals surface area (Å²) in [6, 6.07) is 9.69. The fourth-order valence-corrected chi connectivity index (χ4v) is 4.26. The van der Waals surface area contributed by atoms with Gasteiger partial charge in [-0.25, -0.2) is 0 Å². The summed E-state index contributed by atoms with van der Waals surface area (Å²) in [5, 5.41) is 50.6. The minimum atomic E-state index is -1.32. The fraction of sp³-hybridized carbons (Fsp3) is 0.296. The average molecular weight is 529 g/mol. The van der Waals surface area contributed by atoms with Crippen molar-refractivity contribution in [1.29, 1.82) is 0 Å². The third kappa shape index (κ3) is 5.06. The highest BCUT2D eigenvalue weighted by Crippen LogP contribution is 2.46. The van der Waals surface area contributed by atoms with Gasteiger partial charge in [0.15, 0.2) is 34.9 Å². The molecule has 0 bridgehead atoms. The molecule has 5 N–H and O–H groups in total. The first kappa shape index (κ1) is 26.7. The lowest BCUT2D eigenvalue weighted by atomic mass is 9.95. The number of fused-ring (bicyclic) bond motifs is 1. The number of benzene rings is 3. The molecule has 3 aromatic carbocycles. The molecule has 0 saturated heterocycles. The van der Waals surface area contributed by atoms with E-state index in [1.54, 1.807) is 12.1 Å². The number of ether oxygens (including phenoxy) is 5. The van der Waals surface area contributed by atoms with E-state index in [2.05, 4.69) is 0 Å². The molecule has 3 atom stereocenters. The van der Waals surface area contributed by atoms with Gasteiger partial charge in [-0.2, -0.15) is 0 Å². The second-order valence-corrected chi connectivity index (χ2v) is 8.54. The molecule has 0 aliphatic carbocycles. The molecule has 0 amide bonds. The molecule has 3 aromatic rings. The monoisotopic (exact) mass is 528 g/mol. The summed E-state index contributed by atoms with van der Waals surface area (Å²) in [5.41, 5.74) is 0.799. The van der Waals surface area contributed by atoms with Gasteiger partial charge in [0.05, 0.1) is 34.4 Å². The average Bonchev–Trinajstić information content (AvgIpc) is 2.90. The zero-order valence-corrected chi connectivity index (χ0v) is 20.9. The molecule has 0 fully saturated rings. The van der Waals surface area contributed by atoms with E-state index in [0.29, 0.717) is 11.1 Å². The Morgan fingerprint density at radius 3 is 2.18 bits per heavy atom. The van der Waals surface area contributed by atoms with Gasteiger partial charge in [-0.15, -0.1) is 0 Å². The van der Waals surface area contributed by atoms with Crippen molar-refractivity contribution in [2.45, 2.75) is 24.7 Å². The fourth-order valence-electron chi connectivity index (χ4n) is 4.26. The van der Waals surface area contributed by atoms with Gasteiger partial charge >= 0.3 is 0 Å². The molecule has 11 nitrogen and oxygen atoms in total. The van der Waals surface area contributed by atoms with Gasteiger partial charge < -0.3 is 49.2 Å². The number of phenolic OH excluding ortho intramolecular Hbond substituents is 3. The Labute approximate surface area is 218 Å². The van der Waals surface area contributed by atoms with E-state index < -0.39 is 24.9 Å². The lowest BCUT2D eigenvalue weighted by Gasteiger charge is -2.28. The topological polar surface area (TPSA) is 164 Å². The van der Waals surface area contributed by atoms with Crippen LogP contribution in [0.25, 0.3) is 0 Å². The van der Waals surface area contributed by atoms with Crippen molar-refractivity contribution in [1.82, 2.24) is 0 Å². The first-order valence-electron chi connectivity index (χ1n) is 11.5. The van der Waals surface area contributed by atoms with Crippen molar-refractivity contribution in [3.8, 4) is 46.0 Å². The molecule has 0 radical (unpaired) electrons. The minimum Gasteiger partial charge on any atom is -0.508 e. The summed E-state index contributed by atoms with van der Waals surface area (Å²) >= 11 is 0. The van der Waals surface area contributed by atoms with Gasteiger partial charge in [0, 0.05) is 17.7 Å². The molecule has 1 heterocycles. The number of aliphatic hydroxyl groups excluding tert-OH is 2. The number of aliphatic hydroxyl groups is 2. The summed E-state index contributed by atoms with van der Waals surface area (Å²) in [7, 11) is 4.15. The van der Waals surface area contributed by atoms with Crippen molar-refractivity contribution < 1.29 is 54.0 Å². The normalized spacial score (nSPS) is 16.1. The minimum absolute atomic E-state index is 0.0106. The van der Waals surface area contributed by atoms with Crippen LogP contribution in [0.15, 0.2) is 42.5 Å². The van der Waals surface area contributed by atoms with E-state index in [1.165, 1.54) is 45.6 Å². The SMILES string of the molecule is COc1cc([C@H](O)[C@@H](CO)Oc2c(OC)cc([C@@H]3CC(=O)c4c(O)cc(O)cc4O3)cc2OC)ccc1O. The quantitative estimate of drug-likeness (QED) is 0.277. The predicted molar refractivity (Wildman–Crippen MR) is 133 cm³/mol. The van der Waals surface area contributed by atoms with Crippen LogP contribution < -0.4 is 23.7 Å². The van der Waals surface area contributed by atoms with E-state index in [1.807, 2.05) is 0 Å². The smallest absolute Gasteiger partial charge is 0.204 e. The molecule has 0 saturated carbocycles. The van der Waals surface area contributed by atoms with E-state index >= 15 is 0 Å². The molecular formula is C27H28O11. The van der Waals surface area contributed by atoms with Crippen molar-refractivity contribution in [2.75, 3.05) is 27.9 Å². The second kappa shape index (κ2) is 11.0. The van der Waals surface area contributed by atoms with Crippen LogP contribution in [0.4, 0.5) is 0 Å². The number of hydrogen-bond donors (Lipinski definition) is 5. The van der Waals surface area contributed by atoms with Crippen LogP contribution in [0, 0.1) is 0 Å². The Morgan fingerprint density at radius 1 is 0.921 bits per heavy atom. The summed E-state index contributed by atoms with van der Waals surface area (Å²) < 4.78 is 27.9. The molecule has 1 aliphatic heterocycles. The van der Waals surface area contributed by atoms with Gasteiger partial charge in [0.1, 0.15) is 35.0 Å². The largest absolute Gasteiger partial charge is 0.508 e. The maximum atomic E-state index is 12.7. The second-order valence-electron chi connectivity index (χ2n) is 8.54. The van der Waals surface area contributed by atoms with Gasteiger partial charge in [0.25, 0.3) is 0 Å². The predicted octanol–water partition coefficient (Wildman–Crippen LogP) is 3.01. The zero-order valence-electron chi connectivity index (χ0n) is 20.9. The van der Waals surface area contributed by atoms with Crippen molar-refractivity contribution in [2.24, 2.45) is 0 Å². The van der Waals surface area contributed by atoms with Crippen LogP contribution in [0.2, 0.25) is 0 Å². The van der Waals surface area contributed by atoms with Gasteiger partial charge in [0.2, 0.25) is 5.75 Å². The Hall–Kier alpha value is -4.35. The Morgan fingerprint density at radius 2 is 1.58 bits per heavy atom. The van der Waals surface area contributed by atoms with Crippen molar-refractivity contribution in [3.05, 3.63) is 59.2 Å². The molecule has 0 unspecified atom stereocenters. The number of carbonyl (C=O) groups is 1. The number of methoxy groups -OCH3 is 3. The van der Waals surface area contributed by atoms with Crippen LogP contribution in [0.3, 0.4) is 0 Å². The van der Waals surface area contributed by atoms with Crippen LogP contribution >= 0.6 is 0 Å². The maximum absolute atomic E-state index is 12.7. The Balaban J connectivity index is 1.66. The first-order chi connectivity index (χ1) is 18.2. The number of phenols is 3. The Bertz CT molecular complexity index is 1310. The third-order valence-electron chi connectivity index (χ3n) is 6.19. The summed E-state index contributed by atoms with van der Waals surface area (Å²) in [6.45, 7) is -0.581. The van der Waals surface area contributed by atoms with Crippen LogP contribution in [0.5, 0.6) is 46.0 Å². The number of hydrogen-bond acceptors (Lipinski definition) is 11. The number of Topliss-reactive ketones (excluding diaryl/α,β-unsaturated/α-hetero) is 1. The molecule has 4 rings (SSSR count). The number of aromatic hydroxyl groups is 3. The lowest BCUT2D eigenvalue weighted by Crippen LogP contribution is -2.29. The molecule has 0 aromatic heterocycles. The van der Waals surface area contributed by atoms with Gasteiger partial charge in [-0.3, -0.25) is 4.79 Å². The number of carbonyl (C=O) groups excluding carboxylic acids is 1. The molecule has 38 heavy (non-hydrogen) atoms. The maximum Gasteiger partial charge on any atom is 0.204 e.